The van der Waals surface area contributed by atoms with Gasteiger partial charge in [0.2, 0.25) is 5.78 Å². The van der Waals surface area contributed by atoms with Gasteiger partial charge in [-0.05, 0) is 61.4 Å². The summed E-state index contributed by atoms with van der Waals surface area (Å²) >= 11 is 0. The van der Waals surface area contributed by atoms with Crippen molar-refractivity contribution < 1.29 is 9.84 Å². The number of nitrogens with one attached hydrogen (secondary N) is 1. The Bertz CT molecular complexity index is 1130. The molecule has 0 aliphatic carbocycles. The first-order valence-corrected chi connectivity index (χ1v) is 8.61. The summed E-state index contributed by atoms with van der Waals surface area (Å²) < 4.78 is 7.15. The van der Waals surface area contributed by atoms with Gasteiger partial charge in [-0.15, -0.1) is 0 Å². The van der Waals surface area contributed by atoms with Crippen LogP contribution in [0.5, 0.6) is 11.5 Å². The third-order valence-electron chi connectivity index (χ3n) is 4.63. The van der Waals surface area contributed by atoms with Crippen LogP contribution >= 0.6 is 0 Å². The smallest absolute Gasteiger partial charge is 0.235 e. The number of nitrogens with zero attached hydrogens (tertiary/aromatic N) is 3. The number of hydrogen-bond acceptors (Lipinski definition) is 5. The molecular weight excluding hydrogens is 340 g/mol. The van der Waals surface area contributed by atoms with Crippen molar-refractivity contribution in [3.05, 3.63) is 66.0 Å². The van der Waals surface area contributed by atoms with Gasteiger partial charge in [-0.2, -0.15) is 0 Å². The molecule has 0 fully saturated rings. The lowest BCUT2D eigenvalue weighted by molar-refractivity contribution is 0.373. The van der Waals surface area contributed by atoms with Gasteiger partial charge in [0.05, 0.1) is 7.11 Å². The van der Waals surface area contributed by atoms with E-state index in [1.807, 2.05) is 28.8 Å². The number of aromatic hydroxyl groups is 1. The number of fused-ring (bicyclic) bond motifs is 1. The molecule has 4 aromatic rings. The van der Waals surface area contributed by atoms with Crippen LogP contribution in [0.2, 0.25) is 0 Å². The first-order valence-electron chi connectivity index (χ1n) is 8.61. The number of hydrogen-bond donors (Lipinski definition) is 2. The molecule has 0 spiro atoms. The normalized spacial score (nSPS) is 10.9. The molecule has 2 heterocycles. The predicted octanol–water partition coefficient (Wildman–Crippen LogP) is 4.47. The summed E-state index contributed by atoms with van der Waals surface area (Å²) in [7, 11) is 1.53. The van der Waals surface area contributed by atoms with E-state index in [0.717, 1.165) is 22.8 Å². The molecule has 6 nitrogen and oxygen atoms in total. The van der Waals surface area contributed by atoms with Crippen LogP contribution in [0.15, 0.2) is 54.9 Å². The fourth-order valence-electron chi connectivity index (χ4n) is 2.99. The maximum atomic E-state index is 9.90. The van der Waals surface area contributed by atoms with Gasteiger partial charge < -0.3 is 15.2 Å². The van der Waals surface area contributed by atoms with Crippen molar-refractivity contribution in [3.8, 4) is 22.8 Å². The summed E-state index contributed by atoms with van der Waals surface area (Å²) in [6.45, 7) is 4.17. The number of anilines is 2. The molecule has 0 radical (unpaired) electrons. The van der Waals surface area contributed by atoms with E-state index >= 15 is 0 Å². The van der Waals surface area contributed by atoms with Gasteiger partial charge in [-0.25, -0.2) is 9.97 Å². The summed E-state index contributed by atoms with van der Waals surface area (Å²) in [5.74, 6) is 1.88. The van der Waals surface area contributed by atoms with E-state index in [2.05, 4.69) is 41.3 Å². The predicted molar refractivity (Wildman–Crippen MR) is 106 cm³/mol. The van der Waals surface area contributed by atoms with Crippen LogP contribution in [0, 0.1) is 13.8 Å². The van der Waals surface area contributed by atoms with Gasteiger partial charge >= 0.3 is 0 Å². The molecule has 0 amide bonds. The number of rotatable bonds is 4. The number of phenolic OH excluding ortho intramolecular Hbond substituents is 1. The SMILES string of the molecule is COc1cc(-c2nc3ncccn3c2Nc2ccc(C)c(C)c2)ccc1O. The highest BCUT2D eigenvalue weighted by molar-refractivity contribution is 5.80. The lowest BCUT2D eigenvalue weighted by atomic mass is 10.1. The van der Waals surface area contributed by atoms with Gasteiger partial charge in [-0.1, -0.05) is 6.07 Å². The van der Waals surface area contributed by atoms with E-state index in [1.54, 1.807) is 18.3 Å². The van der Waals surface area contributed by atoms with Crippen LogP contribution in [0.25, 0.3) is 17.0 Å². The molecule has 0 atom stereocenters. The van der Waals surface area contributed by atoms with E-state index in [-0.39, 0.29) is 5.75 Å². The second-order valence-electron chi connectivity index (χ2n) is 6.41. The summed E-state index contributed by atoms with van der Waals surface area (Å²) in [5, 5.41) is 13.4. The minimum absolute atomic E-state index is 0.0896. The minimum Gasteiger partial charge on any atom is -0.504 e. The Morgan fingerprint density at radius 2 is 1.93 bits per heavy atom. The van der Waals surface area contributed by atoms with Crippen molar-refractivity contribution in [2.24, 2.45) is 0 Å². The second kappa shape index (κ2) is 6.64. The Balaban J connectivity index is 1.88. The maximum Gasteiger partial charge on any atom is 0.235 e. The second-order valence-corrected chi connectivity index (χ2v) is 6.41. The van der Waals surface area contributed by atoms with Crippen molar-refractivity contribution in [2.45, 2.75) is 13.8 Å². The summed E-state index contributed by atoms with van der Waals surface area (Å²) in [5.41, 5.74) is 4.96. The van der Waals surface area contributed by atoms with E-state index in [4.69, 9.17) is 4.74 Å². The summed E-state index contributed by atoms with van der Waals surface area (Å²) in [6, 6.07) is 13.3. The van der Waals surface area contributed by atoms with Crippen molar-refractivity contribution in [1.82, 2.24) is 14.4 Å². The largest absolute Gasteiger partial charge is 0.504 e. The van der Waals surface area contributed by atoms with Gasteiger partial charge in [0.25, 0.3) is 0 Å². The van der Waals surface area contributed by atoms with Crippen LogP contribution in [-0.4, -0.2) is 26.6 Å². The third kappa shape index (κ3) is 3.06. The molecule has 0 saturated carbocycles. The third-order valence-corrected chi connectivity index (χ3v) is 4.63. The number of ether oxygens (including phenoxy) is 1. The Hall–Kier alpha value is -3.54. The van der Waals surface area contributed by atoms with Crippen LogP contribution < -0.4 is 10.1 Å². The highest BCUT2D eigenvalue weighted by Gasteiger charge is 2.17. The molecule has 0 saturated heterocycles. The first kappa shape index (κ1) is 16.9. The highest BCUT2D eigenvalue weighted by Crippen LogP contribution is 2.35. The van der Waals surface area contributed by atoms with Crippen LogP contribution in [-0.2, 0) is 0 Å². The average molecular weight is 360 g/mol. The zero-order valence-electron chi connectivity index (χ0n) is 15.4. The lowest BCUT2D eigenvalue weighted by Gasteiger charge is -2.11. The number of benzene rings is 2. The fourth-order valence-corrected chi connectivity index (χ4v) is 2.99. The molecular formula is C21H20N4O2. The van der Waals surface area contributed by atoms with Crippen molar-refractivity contribution in [1.29, 1.82) is 0 Å². The highest BCUT2D eigenvalue weighted by atomic mass is 16.5. The molecule has 6 heteroatoms. The molecule has 2 N–H and O–H groups in total. The molecule has 0 aliphatic rings. The molecule has 0 unspecified atom stereocenters. The lowest BCUT2D eigenvalue weighted by Crippen LogP contribution is -1.98. The first-order chi connectivity index (χ1) is 13.1. The topological polar surface area (TPSA) is 71.7 Å². The van der Waals surface area contributed by atoms with E-state index in [1.165, 1.54) is 18.2 Å². The maximum absolute atomic E-state index is 9.90. The number of phenols is 1. The number of aryl methyl sites for hydroxylation is 2. The Kier molecular flexibility index (Phi) is 4.16. The average Bonchev–Trinajstić information content (AvgIpc) is 3.04. The molecule has 4 rings (SSSR count). The van der Waals surface area contributed by atoms with E-state index in [9.17, 15) is 5.11 Å². The van der Waals surface area contributed by atoms with Gasteiger partial charge in [0.15, 0.2) is 11.5 Å². The van der Waals surface area contributed by atoms with E-state index in [0.29, 0.717) is 11.5 Å². The Morgan fingerprint density at radius 1 is 1.07 bits per heavy atom. The molecule has 136 valence electrons. The molecule has 0 aliphatic heterocycles. The number of methoxy groups -OCH3 is 1. The minimum atomic E-state index is 0.0896. The summed E-state index contributed by atoms with van der Waals surface area (Å²) in [6.07, 6.45) is 3.63. The molecule has 0 bridgehead atoms. The zero-order valence-corrected chi connectivity index (χ0v) is 15.4. The van der Waals surface area contributed by atoms with Crippen LogP contribution in [0.4, 0.5) is 11.5 Å². The monoisotopic (exact) mass is 360 g/mol. The molecule has 2 aromatic heterocycles. The van der Waals surface area contributed by atoms with Gasteiger partial charge in [0.1, 0.15) is 11.5 Å². The van der Waals surface area contributed by atoms with Gasteiger partial charge in [-0.3, -0.25) is 4.40 Å². The van der Waals surface area contributed by atoms with Crippen molar-refractivity contribution in [3.63, 3.8) is 0 Å². The van der Waals surface area contributed by atoms with Crippen molar-refractivity contribution in [2.75, 3.05) is 12.4 Å². The standard InChI is InChI=1S/C21H20N4O2/c1-13-5-7-16(11-14(13)2)23-20-19(24-21-22-9-4-10-25(20)21)15-6-8-17(26)18(12-15)27-3/h4-12,23,26H,1-3H3. The zero-order chi connectivity index (χ0) is 19.0. The van der Waals surface area contributed by atoms with Gasteiger partial charge in [0, 0.05) is 23.6 Å². The molecule has 2 aromatic carbocycles. The van der Waals surface area contributed by atoms with Crippen LogP contribution in [0.3, 0.4) is 0 Å². The fraction of sp³-hybridized carbons (Fsp3) is 0.143. The summed E-state index contributed by atoms with van der Waals surface area (Å²) in [4.78, 5) is 9.03. The number of aromatic nitrogens is 3. The van der Waals surface area contributed by atoms with Crippen LogP contribution in [0.1, 0.15) is 11.1 Å². The van der Waals surface area contributed by atoms with Crippen molar-refractivity contribution >= 4 is 17.3 Å². The quantitative estimate of drug-likeness (QED) is 0.562. The molecule has 27 heavy (non-hydrogen) atoms. The number of imidazole rings is 1. The van der Waals surface area contributed by atoms with E-state index < -0.39 is 0 Å². The Morgan fingerprint density at radius 3 is 2.70 bits per heavy atom. The Labute approximate surface area is 157 Å².